The Morgan fingerprint density at radius 1 is 1.04 bits per heavy atom. The van der Waals surface area contributed by atoms with Gasteiger partial charge in [0.2, 0.25) is 5.75 Å². The first-order valence-corrected chi connectivity index (χ1v) is 7.00. The van der Waals surface area contributed by atoms with Crippen molar-refractivity contribution in [3.8, 4) is 17.2 Å². The van der Waals surface area contributed by atoms with Gasteiger partial charge in [0.25, 0.3) is 0 Å². The van der Waals surface area contributed by atoms with Crippen molar-refractivity contribution in [1.82, 2.24) is 0 Å². The van der Waals surface area contributed by atoms with Crippen LogP contribution in [0.2, 0.25) is 0 Å². The molecule has 0 N–H and O–H groups in total. The van der Waals surface area contributed by atoms with Gasteiger partial charge in [-0.2, -0.15) is 0 Å². The van der Waals surface area contributed by atoms with Gasteiger partial charge in [-0.3, -0.25) is 0 Å². The van der Waals surface area contributed by atoms with Gasteiger partial charge in [-0.25, -0.2) is 4.79 Å². The SMILES string of the molecule is C=CC(=O)Oc1c(OCOC)cccc1OCc1ccccc1. The van der Waals surface area contributed by atoms with E-state index in [2.05, 4.69) is 6.58 Å². The van der Waals surface area contributed by atoms with Crippen molar-refractivity contribution in [1.29, 1.82) is 0 Å². The minimum atomic E-state index is -0.594. The molecule has 0 fully saturated rings. The zero-order valence-corrected chi connectivity index (χ0v) is 12.9. The van der Waals surface area contributed by atoms with Crippen molar-refractivity contribution in [2.45, 2.75) is 6.61 Å². The summed E-state index contributed by atoms with van der Waals surface area (Å²) < 4.78 is 21.3. The Balaban J connectivity index is 2.21. The Morgan fingerprint density at radius 3 is 2.39 bits per heavy atom. The van der Waals surface area contributed by atoms with E-state index in [0.717, 1.165) is 11.6 Å². The molecule has 5 heteroatoms. The molecule has 2 aromatic rings. The van der Waals surface area contributed by atoms with Crippen LogP contribution in [0.15, 0.2) is 61.2 Å². The number of hydrogen-bond acceptors (Lipinski definition) is 5. The van der Waals surface area contributed by atoms with E-state index in [1.54, 1.807) is 18.2 Å². The average Bonchev–Trinajstić information content (AvgIpc) is 2.60. The lowest BCUT2D eigenvalue weighted by atomic mass is 10.2. The van der Waals surface area contributed by atoms with Crippen molar-refractivity contribution >= 4 is 5.97 Å². The Bertz CT molecular complexity index is 652. The second kappa shape index (κ2) is 8.60. The third-order valence-corrected chi connectivity index (χ3v) is 2.88. The molecule has 0 spiro atoms. The van der Waals surface area contributed by atoms with Crippen molar-refractivity contribution in [3.05, 3.63) is 66.7 Å². The van der Waals surface area contributed by atoms with E-state index in [0.29, 0.717) is 18.1 Å². The van der Waals surface area contributed by atoms with Gasteiger partial charge in [-0.1, -0.05) is 43.0 Å². The number of methoxy groups -OCH3 is 1. The summed E-state index contributed by atoms with van der Waals surface area (Å²) in [4.78, 5) is 11.6. The van der Waals surface area contributed by atoms with Crippen LogP contribution in [0.1, 0.15) is 5.56 Å². The number of esters is 1. The van der Waals surface area contributed by atoms with Crippen molar-refractivity contribution in [2.24, 2.45) is 0 Å². The van der Waals surface area contributed by atoms with Crippen LogP contribution < -0.4 is 14.2 Å². The Kier molecular flexibility index (Phi) is 6.20. The van der Waals surface area contributed by atoms with E-state index in [9.17, 15) is 4.79 Å². The number of rotatable bonds is 8. The topological polar surface area (TPSA) is 54.0 Å². The molecule has 2 rings (SSSR count). The highest BCUT2D eigenvalue weighted by Crippen LogP contribution is 2.37. The molecule has 0 radical (unpaired) electrons. The number of para-hydroxylation sites is 1. The fourth-order valence-corrected chi connectivity index (χ4v) is 1.82. The Hall–Kier alpha value is -2.79. The van der Waals surface area contributed by atoms with E-state index in [-0.39, 0.29) is 12.5 Å². The van der Waals surface area contributed by atoms with Crippen LogP contribution in [0.4, 0.5) is 0 Å². The molecule has 0 amide bonds. The number of benzene rings is 2. The summed E-state index contributed by atoms with van der Waals surface area (Å²) in [5.41, 5.74) is 0.997. The molecule has 0 atom stereocenters. The van der Waals surface area contributed by atoms with Gasteiger partial charge in [0.15, 0.2) is 18.3 Å². The third kappa shape index (κ3) is 4.86. The zero-order chi connectivity index (χ0) is 16.5. The number of carbonyl (C=O) groups excluding carboxylic acids is 1. The predicted molar refractivity (Wildman–Crippen MR) is 85.6 cm³/mol. The van der Waals surface area contributed by atoms with E-state index in [1.807, 2.05) is 30.3 Å². The second-order valence-corrected chi connectivity index (χ2v) is 4.53. The minimum Gasteiger partial charge on any atom is -0.485 e. The summed E-state index contributed by atoms with van der Waals surface area (Å²) in [6, 6.07) is 14.8. The predicted octanol–water partition coefficient (Wildman–Crippen LogP) is 3.34. The molecule has 0 aliphatic rings. The van der Waals surface area contributed by atoms with E-state index >= 15 is 0 Å². The average molecular weight is 314 g/mol. The molecule has 0 aliphatic carbocycles. The number of hydrogen-bond donors (Lipinski definition) is 0. The summed E-state index contributed by atoms with van der Waals surface area (Å²) in [7, 11) is 1.51. The van der Waals surface area contributed by atoms with Crippen LogP contribution in [0.5, 0.6) is 17.2 Å². The molecule has 0 saturated carbocycles. The molecule has 23 heavy (non-hydrogen) atoms. The second-order valence-electron chi connectivity index (χ2n) is 4.53. The maximum atomic E-state index is 11.6. The highest BCUT2D eigenvalue weighted by Gasteiger charge is 2.15. The van der Waals surface area contributed by atoms with E-state index in [1.165, 1.54) is 7.11 Å². The van der Waals surface area contributed by atoms with Gasteiger partial charge in [-0.05, 0) is 17.7 Å². The van der Waals surface area contributed by atoms with Crippen LogP contribution in [0.25, 0.3) is 0 Å². The lowest BCUT2D eigenvalue weighted by Crippen LogP contribution is -2.08. The normalized spacial score (nSPS) is 9.96. The van der Waals surface area contributed by atoms with Gasteiger partial charge in [-0.15, -0.1) is 0 Å². The van der Waals surface area contributed by atoms with Gasteiger partial charge in [0, 0.05) is 13.2 Å². The van der Waals surface area contributed by atoms with Crippen LogP contribution in [0.3, 0.4) is 0 Å². The summed E-state index contributed by atoms with van der Waals surface area (Å²) >= 11 is 0. The molecular weight excluding hydrogens is 296 g/mol. The van der Waals surface area contributed by atoms with Crippen molar-refractivity contribution in [3.63, 3.8) is 0 Å². The maximum Gasteiger partial charge on any atom is 0.335 e. The van der Waals surface area contributed by atoms with Crippen molar-refractivity contribution in [2.75, 3.05) is 13.9 Å². The lowest BCUT2D eigenvalue weighted by molar-refractivity contribution is -0.129. The maximum absolute atomic E-state index is 11.6. The summed E-state index contributed by atoms with van der Waals surface area (Å²) in [5, 5.41) is 0. The molecule has 120 valence electrons. The molecule has 0 bridgehead atoms. The number of carbonyl (C=O) groups is 1. The monoisotopic (exact) mass is 314 g/mol. The highest BCUT2D eigenvalue weighted by atomic mass is 16.7. The molecule has 0 aromatic heterocycles. The van der Waals surface area contributed by atoms with Crippen LogP contribution in [-0.4, -0.2) is 19.9 Å². The standard InChI is InChI=1S/C18H18O5/c1-3-17(19)23-18-15(10-7-11-16(18)22-13-20-2)21-12-14-8-5-4-6-9-14/h3-11H,1,12-13H2,2H3. The fraction of sp³-hybridized carbons (Fsp3) is 0.167. The fourth-order valence-electron chi connectivity index (χ4n) is 1.82. The summed E-state index contributed by atoms with van der Waals surface area (Å²) in [5.74, 6) is 0.360. The summed E-state index contributed by atoms with van der Waals surface area (Å²) in [6.07, 6.45) is 1.08. The van der Waals surface area contributed by atoms with Gasteiger partial charge >= 0.3 is 5.97 Å². The van der Waals surface area contributed by atoms with Crippen LogP contribution in [0, 0.1) is 0 Å². The Morgan fingerprint density at radius 2 is 1.74 bits per heavy atom. The minimum absolute atomic E-state index is 0.0285. The smallest absolute Gasteiger partial charge is 0.335 e. The molecule has 0 saturated heterocycles. The molecule has 0 aliphatic heterocycles. The third-order valence-electron chi connectivity index (χ3n) is 2.88. The molecule has 5 nitrogen and oxygen atoms in total. The van der Waals surface area contributed by atoms with Crippen LogP contribution >= 0.6 is 0 Å². The van der Waals surface area contributed by atoms with Crippen molar-refractivity contribution < 1.29 is 23.7 Å². The first-order chi connectivity index (χ1) is 11.2. The van der Waals surface area contributed by atoms with Crippen LogP contribution in [-0.2, 0) is 16.1 Å². The Labute approximate surface area is 135 Å². The lowest BCUT2D eigenvalue weighted by Gasteiger charge is -2.15. The molecular formula is C18H18O5. The molecule has 0 heterocycles. The molecule has 0 unspecified atom stereocenters. The van der Waals surface area contributed by atoms with Gasteiger partial charge in [0.05, 0.1) is 0 Å². The first-order valence-electron chi connectivity index (χ1n) is 7.00. The summed E-state index contributed by atoms with van der Waals surface area (Å²) in [6.45, 7) is 3.76. The molecule has 2 aromatic carbocycles. The van der Waals surface area contributed by atoms with E-state index < -0.39 is 5.97 Å². The zero-order valence-electron chi connectivity index (χ0n) is 12.9. The van der Waals surface area contributed by atoms with Gasteiger partial charge in [0.1, 0.15) is 6.61 Å². The largest absolute Gasteiger partial charge is 0.485 e. The van der Waals surface area contributed by atoms with Gasteiger partial charge < -0.3 is 18.9 Å². The van der Waals surface area contributed by atoms with E-state index in [4.69, 9.17) is 18.9 Å². The number of ether oxygens (including phenoxy) is 4. The highest BCUT2D eigenvalue weighted by molar-refractivity contribution is 5.84. The quantitative estimate of drug-likeness (QED) is 0.324. The first kappa shape index (κ1) is 16.6.